The van der Waals surface area contributed by atoms with Crippen molar-refractivity contribution in [2.45, 2.75) is 18.8 Å². The van der Waals surface area contributed by atoms with Crippen molar-refractivity contribution < 1.29 is 0 Å². The minimum Gasteiger partial charge on any atom is -0.383 e. The molecule has 0 unspecified atom stereocenters. The highest BCUT2D eigenvalue weighted by atomic mass is 15.2. The van der Waals surface area contributed by atoms with Gasteiger partial charge in [0.1, 0.15) is 17.5 Å². The summed E-state index contributed by atoms with van der Waals surface area (Å²) in [5, 5.41) is 9.82. The topological polar surface area (TPSA) is 83.8 Å². The number of hydrogen-bond donors (Lipinski definition) is 1. The van der Waals surface area contributed by atoms with Crippen LogP contribution < -0.4 is 10.6 Å². The number of fused-ring (bicyclic) bond motifs is 2. The van der Waals surface area contributed by atoms with E-state index in [1.165, 1.54) is 0 Å². The molecule has 0 radical (unpaired) electrons. The standard InChI is InChI=1S/C20H18N6/c21-12-15-17(16-2-1-9-26(16)14-3-7-23-8-4-14)19-18(24-20(15)22)13-5-10-25(19)11-6-13/h1-4,7-9,13H,5-6,10-11H2,(H2,22,24). The average molecular weight is 342 g/mol. The van der Waals surface area contributed by atoms with Crippen molar-refractivity contribution in [3.8, 4) is 23.0 Å². The Kier molecular flexibility index (Phi) is 3.22. The number of aromatic nitrogens is 3. The molecule has 6 heteroatoms. The number of nitrogen functional groups attached to an aromatic ring is 1. The molecule has 3 aliphatic rings. The maximum Gasteiger partial charge on any atom is 0.142 e. The summed E-state index contributed by atoms with van der Waals surface area (Å²) in [7, 11) is 0. The molecular weight excluding hydrogens is 324 g/mol. The van der Waals surface area contributed by atoms with Crippen molar-refractivity contribution in [2.24, 2.45) is 0 Å². The number of hydrogen-bond acceptors (Lipinski definition) is 5. The summed E-state index contributed by atoms with van der Waals surface area (Å²) in [6.45, 7) is 2.02. The fraction of sp³-hybridized carbons (Fsp3) is 0.250. The molecule has 3 aromatic rings. The molecule has 0 atom stereocenters. The van der Waals surface area contributed by atoms with E-state index in [1.807, 2.05) is 30.5 Å². The average Bonchev–Trinajstić information content (AvgIpc) is 3.18. The Bertz CT molecular complexity index is 1020. The number of nitriles is 1. The highest BCUT2D eigenvalue weighted by Gasteiger charge is 2.36. The second-order valence-corrected chi connectivity index (χ2v) is 6.82. The van der Waals surface area contributed by atoms with Crippen LogP contribution in [0.5, 0.6) is 0 Å². The van der Waals surface area contributed by atoms with E-state index in [0.717, 1.165) is 54.3 Å². The quantitative estimate of drug-likeness (QED) is 0.774. The van der Waals surface area contributed by atoms with Gasteiger partial charge in [-0.15, -0.1) is 0 Å². The molecule has 128 valence electrons. The molecule has 3 aliphatic heterocycles. The van der Waals surface area contributed by atoms with Crippen LogP contribution in [-0.4, -0.2) is 27.6 Å². The van der Waals surface area contributed by atoms with Crippen LogP contribution in [0.1, 0.15) is 30.0 Å². The zero-order valence-corrected chi connectivity index (χ0v) is 14.3. The van der Waals surface area contributed by atoms with E-state index in [1.54, 1.807) is 12.4 Å². The van der Waals surface area contributed by atoms with Gasteiger partial charge in [0, 0.05) is 48.8 Å². The molecule has 0 saturated carbocycles. The molecule has 2 N–H and O–H groups in total. The largest absolute Gasteiger partial charge is 0.383 e. The molecule has 6 heterocycles. The molecule has 0 spiro atoms. The van der Waals surface area contributed by atoms with Gasteiger partial charge in [-0.25, -0.2) is 4.98 Å². The molecule has 3 aromatic heterocycles. The smallest absolute Gasteiger partial charge is 0.142 e. The lowest BCUT2D eigenvalue weighted by Crippen LogP contribution is -2.40. The fourth-order valence-electron chi connectivity index (χ4n) is 4.27. The highest BCUT2D eigenvalue weighted by Crippen LogP contribution is 2.48. The van der Waals surface area contributed by atoms with Crippen LogP contribution in [0, 0.1) is 11.3 Å². The maximum atomic E-state index is 9.82. The van der Waals surface area contributed by atoms with E-state index < -0.39 is 0 Å². The van der Waals surface area contributed by atoms with Gasteiger partial charge < -0.3 is 15.2 Å². The second kappa shape index (κ2) is 5.60. The first-order chi connectivity index (χ1) is 12.8. The third-order valence-electron chi connectivity index (χ3n) is 5.48. The minimum atomic E-state index is 0.331. The zero-order valence-electron chi connectivity index (χ0n) is 14.3. The summed E-state index contributed by atoms with van der Waals surface area (Å²) < 4.78 is 2.08. The van der Waals surface area contributed by atoms with Crippen molar-refractivity contribution in [1.29, 1.82) is 5.26 Å². The first-order valence-corrected chi connectivity index (χ1v) is 8.84. The lowest BCUT2D eigenvalue weighted by Gasteiger charge is -2.42. The third-order valence-corrected chi connectivity index (χ3v) is 5.48. The van der Waals surface area contributed by atoms with Gasteiger partial charge in [-0.3, -0.25) is 4.98 Å². The summed E-state index contributed by atoms with van der Waals surface area (Å²) in [6, 6.07) is 10.3. The number of piperidine rings is 1. The van der Waals surface area contributed by atoms with Gasteiger partial charge in [-0.2, -0.15) is 5.26 Å². The Morgan fingerprint density at radius 3 is 2.65 bits per heavy atom. The predicted molar refractivity (Wildman–Crippen MR) is 100 cm³/mol. The third kappa shape index (κ3) is 2.04. The predicted octanol–water partition coefficient (Wildman–Crippen LogP) is 3.09. The van der Waals surface area contributed by atoms with Crippen LogP contribution in [0.25, 0.3) is 16.9 Å². The second-order valence-electron chi connectivity index (χ2n) is 6.82. The van der Waals surface area contributed by atoms with Crippen LogP contribution in [-0.2, 0) is 0 Å². The van der Waals surface area contributed by atoms with Gasteiger partial charge in [-0.05, 0) is 37.1 Å². The summed E-state index contributed by atoms with van der Waals surface area (Å²) in [5.74, 6) is 0.769. The zero-order chi connectivity index (χ0) is 17.7. The van der Waals surface area contributed by atoms with Crippen LogP contribution in [0.15, 0.2) is 42.9 Å². The van der Waals surface area contributed by atoms with Crippen LogP contribution in [0.3, 0.4) is 0 Å². The highest BCUT2D eigenvalue weighted by molar-refractivity contribution is 5.88. The Labute approximate surface area is 151 Å². The molecule has 0 amide bonds. The SMILES string of the molecule is N#Cc1c(N)nc2c(c1-c1cccn1-c1ccncc1)N1CCC2CC1. The van der Waals surface area contributed by atoms with E-state index in [0.29, 0.717) is 17.3 Å². The molecular formula is C20H18N6. The van der Waals surface area contributed by atoms with E-state index in [9.17, 15) is 5.26 Å². The fourth-order valence-corrected chi connectivity index (χ4v) is 4.27. The lowest BCUT2D eigenvalue weighted by molar-refractivity contribution is 0.465. The number of rotatable bonds is 2. The van der Waals surface area contributed by atoms with Crippen molar-refractivity contribution in [3.05, 3.63) is 54.1 Å². The summed E-state index contributed by atoms with van der Waals surface area (Å²) in [4.78, 5) is 11.1. The van der Waals surface area contributed by atoms with Gasteiger partial charge >= 0.3 is 0 Å². The number of nitrogens with two attached hydrogens (primary N) is 1. The molecule has 0 aliphatic carbocycles. The molecule has 6 rings (SSSR count). The summed E-state index contributed by atoms with van der Waals surface area (Å²) in [5.41, 5.74) is 11.7. The van der Waals surface area contributed by atoms with Gasteiger partial charge in [0.05, 0.1) is 17.1 Å². The van der Waals surface area contributed by atoms with Crippen molar-refractivity contribution in [3.63, 3.8) is 0 Å². The Hall–Kier alpha value is -3.33. The Morgan fingerprint density at radius 2 is 1.92 bits per heavy atom. The van der Waals surface area contributed by atoms with E-state index >= 15 is 0 Å². The van der Waals surface area contributed by atoms with Crippen molar-refractivity contribution in [2.75, 3.05) is 23.7 Å². The maximum absolute atomic E-state index is 9.82. The first-order valence-electron chi connectivity index (χ1n) is 8.84. The molecule has 6 nitrogen and oxygen atoms in total. The molecule has 1 fully saturated rings. The Balaban J connectivity index is 1.82. The van der Waals surface area contributed by atoms with Crippen LogP contribution in [0.2, 0.25) is 0 Å². The Morgan fingerprint density at radius 1 is 1.15 bits per heavy atom. The number of anilines is 2. The van der Waals surface area contributed by atoms with Crippen LogP contribution >= 0.6 is 0 Å². The molecule has 0 aromatic carbocycles. The van der Waals surface area contributed by atoms with Gasteiger partial charge in [0.2, 0.25) is 0 Å². The summed E-state index contributed by atoms with van der Waals surface area (Å²) in [6.07, 6.45) is 7.76. The van der Waals surface area contributed by atoms with E-state index in [2.05, 4.69) is 25.5 Å². The summed E-state index contributed by atoms with van der Waals surface area (Å²) >= 11 is 0. The van der Waals surface area contributed by atoms with Gasteiger partial charge in [-0.1, -0.05) is 0 Å². The normalized spacial score (nSPS) is 15.7. The van der Waals surface area contributed by atoms with E-state index in [-0.39, 0.29) is 0 Å². The number of pyridine rings is 2. The van der Waals surface area contributed by atoms with Crippen LogP contribution in [0.4, 0.5) is 11.5 Å². The monoisotopic (exact) mass is 342 g/mol. The van der Waals surface area contributed by atoms with Crippen molar-refractivity contribution in [1.82, 2.24) is 14.5 Å². The van der Waals surface area contributed by atoms with Crippen molar-refractivity contribution >= 4 is 11.5 Å². The first kappa shape index (κ1) is 15.0. The minimum absolute atomic E-state index is 0.331. The molecule has 2 bridgehead atoms. The van der Waals surface area contributed by atoms with Gasteiger partial charge in [0.15, 0.2) is 0 Å². The molecule has 1 saturated heterocycles. The van der Waals surface area contributed by atoms with E-state index in [4.69, 9.17) is 5.73 Å². The lowest BCUT2D eigenvalue weighted by atomic mass is 9.83. The molecule has 26 heavy (non-hydrogen) atoms. The number of nitrogens with zero attached hydrogens (tertiary/aromatic N) is 5. The van der Waals surface area contributed by atoms with Gasteiger partial charge in [0.25, 0.3) is 0 Å².